The molecule has 3 aliphatic rings. The average Bonchev–Trinajstić information content (AvgIpc) is 3.17. The van der Waals surface area contributed by atoms with Gasteiger partial charge in [-0.05, 0) is 79.1 Å². The van der Waals surface area contributed by atoms with Gasteiger partial charge in [-0.2, -0.15) is 12.7 Å². The minimum atomic E-state index is -3.97. The molecule has 3 aromatic rings. The van der Waals surface area contributed by atoms with E-state index in [-0.39, 0.29) is 17.3 Å². The second kappa shape index (κ2) is 11.0. The number of Topliss-reactive ketones (excluding diaryl/α,β-unsaturated/α-hetero) is 1. The van der Waals surface area contributed by atoms with Crippen LogP contribution in [0.3, 0.4) is 0 Å². The van der Waals surface area contributed by atoms with Gasteiger partial charge in [0.15, 0.2) is 5.78 Å². The van der Waals surface area contributed by atoms with Crippen LogP contribution in [0, 0.1) is 5.92 Å². The zero-order valence-electron chi connectivity index (χ0n) is 24.2. The molecule has 2 saturated carbocycles. The van der Waals surface area contributed by atoms with Crippen LogP contribution in [-0.2, 0) is 21.5 Å². The molecule has 0 saturated heterocycles. The first-order chi connectivity index (χ1) is 20.1. The van der Waals surface area contributed by atoms with Crippen LogP contribution in [0.15, 0.2) is 42.0 Å². The Labute approximate surface area is 246 Å². The summed E-state index contributed by atoms with van der Waals surface area (Å²) in [5.74, 6) is 0.100. The fourth-order valence-corrected chi connectivity index (χ4v) is 7.20. The van der Waals surface area contributed by atoms with Gasteiger partial charge < -0.3 is 14.4 Å². The van der Waals surface area contributed by atoms with Crippen LogP contribution in [0.2, 0.25) is 0 Å². The first kappa shape index (κ1) is 28.6. The molecule has 2 fully saturated rings. The number of nitrogens with zero attached hydrogens (tertiary/aromatic N) is 2. The van der Waals surface area contributed by atoms with E-state index in [1.54, 1.807) is 19.2 Å². The fraction of sp³-hybridized carbons (Fsp3) is 0.438. The summed E-state index contributed by atoms with van der Waals surface area (Å²) >= 11 is 0. The van der Waals surface area contributed by atoms with Crippen molar-refractivity contribution in [3.63, 3.8) is 0 Å². The molecule has 2 N–H and O–H groups in total. The number of allylic oxidation sites excluding steroid dienone is 1. The van der Waals surface area contributed by atoms with Crippen molar-refractivity contribution in [2.45, 2.75) is 63.5 Å². The van der Waals surface area contributed by atoms with Crippen LogP contribution in [0.4, 0.5) is 0 Å². The average molecular weight is 592 g/mol. The largest absolute Gasteiger partial charge is 0.497 e. The molecule has 0 atom stereocenters. The summed E-state index contributed by atoms with van der Waals surface area (Å²) in [6.45, 7) is 0.308. The van der Waals surface area contributed by atoms with E-state index in [9.17, 15) is 23.1 Å². The Balaban J connectivity index is 1.56. The standard InChI is InChI=1S/C32H37N3O6S/c1-34(2)42(39,40)33-32(38)20-9-11-27-28(17-20)35-18-23(31(37)22-14-24(36)15-22)13-21-16-25(41-3)10-12-26(21)30(35)29(27)19-7-5-4-6-8-19/h9-13,16-17,19,22,24,36H,4-8,14-15,18H2,1-3H3,(H,33,38). The predicted molar refractivity (Wildman–Crippen MR) is 162 cm³/mol. The molecule has 2 aromatic carbocycles. The van der Waals surface area contributed by atoms with E-state index < -0.39 is 22.2 Å². The number of carbonyl (C=O) groups excluding carboxylic acids is 2. The summed E-state index contributed by atoms with van der Waals surface area (Å²) in [6.07, 6.45) is 8.02. The van der Waals surface area contributed by atoms with Gasteiger partial charge in [0.2, 0.25) is 0 Å². The molecule has 9 nitrogen and oxygen atoms in total. The third-order valence-electron chi connectivity index (χ3n) is 9.05. The van der Waals surface area contributed by atoms with Crippen molar-refractivity contribution < 1.29 is 27.9 Å². The number of ketones is 1. The number of methoxy groups -OCH3 is 1. The minimum absolute atomic E-state index is 0.0222. The second-order valence-electron chi connectivity index (χ2n) is 11.9. The molecule has 42 heavy (non-hydrogen) atoms. The third kappa shape index (κ3) is 5.05. The van der Waals surface area contributed by atoms with Crippen LogP contribution in [0.1, 0.15) is 72.3 Å². The molecular formula is C32H37N3O6S. The van der Waals surface area contributed by atoms with Crippen molar-refractivity contribution in [3.8, 4) is 17.0 Å². The van der Waals surface area contributed by atoms with Gasteiger partial charge in [-0.1, -0.05) is 25.3 Å². The summed E-state index contributed by atoms with van der Waals surface area (Å²) in [6, 6.07) is 11.3. The lowest BCUT2D eigenvalue weighted by Crippen LogP contribution is -2.39. The Kier molecular flexibility index (Phi) is 7.49. The van der Waals surface area contributed by atoms with Crippen LogP contribution in [0.5, 0.6) is 5.75 Å². The van der Waals surface area contributed by atoms with E-state index in [0.717, 1.165) is 57.7 Å². The highest BCUT2D eigenvalue weighted by Gasteiger charge is 2.36. The molecule has 0 spiro atoms. The van der Waals surface area contributed by atoms with Gasteiger partial charge in [-0.25, -0.2) is 4.72 Å². The van der Waals surface area contributed by atoms with Crippen LogP contribution < -0.4 is 9.46 Å². The van der Waals surface area contributed by atoms with Crippen molar-refractivity contribution in [1.29, 1.82) is 0 Å². The number of aromatic nitrogens is 1. The van der Waals surface area contributed by atoms with Gasteiger partial charge in [-0.15, -0.1) is 0 Å². The molecule has 6 rings (SSSR count). The Morgan fingerprint density at radius 2 is 1.79 bits per heavy atom. The van der Waals surface area contributed by atoms with Crippen molar-refractivity contribution in [2.75, 3.05) is 21.2 Å². The zero-order chi connectivity index (χ0) is 29.8. The molecule has 2 aliphatic carbocycles. The lowest BCUT2D eigenvalue weighted by molar-refractivity contribution is -0.125. The molecule has 10 heteroatoms. The van der Waals surface area contributed by atoms with Crippen LogP contribution >= 0.6 is 0 Å². The van der Waals surface area contributed by atoms with Crippen molar-refractivity contribution in [2.24, 2.45) is 5.92 Å². The Morgan fingerprint density at radius 1 is 1.05 bits per heavy atom. The normalized spacial score (nSPS) is 20.7. The SMILES string of the molecule is COc1ccc2c(c1)C=C(C(=O)C1CC(O)C1)Cn1c-2c(C2CCCCC2)c2ccc(C(=O)NS(=O)(=O)N(C)C)cc21. The first-order valence-electron chi connectivity index (χ1n) is 14.6. The highest BCUT2D eigenvalue weighted by Crippen LogP contribution is 2.47. The molecule has 1 aliphatic heterocycles. The van der Waals surface area contributed by atoms with Gasteiger partial charge in [0.25, 0.3) is 5.91 Å². The number of aliphatic hydroxyl groups is 1. The minimum Gasteiger partial charge on any atom is -0.497 e. The van der Waals surface area contributed by atoms with Gasteiger partial charge in [0.05, 0.1) is 25.5 Å². The Morgan fingerprint density at radius 3 is 2.45 bits per heavy atom. The maximum absolute atomic E-state index is 13.7. The van der Waals surface area contributed by atoms with Gasteiger partial charge in [0, 0.05) is 47.6 Å². The Hall–Kier alpha value is -3.47. The molecule has 2 heterocycles. The van der Waals surface area contributed by atoms with E-state index in [2.05, 4.69) is 9.29 Å². The molecule has 0 unspecified atom stereocenters. The Bertz CT molecular complexity index is 1710. The number of nitrogens with one attached hydrogen (secondary N) is 1. The van der Waals surface area contributed by atoms with Gasteiger partial charge in [-0.3, -0.25) is 9.59 Å². The number of hydrogen-bond donors (Lipinski definition) is 2. The number of hydrogen-bond acceptors (Lipinski definition) is 6. The molecule has 1 amide bonds. The highest BCUT2D eigenvalue weighted by molar-refractivity contribution is 7.87. The van der Waals surface area contributed by atoms with Crippen LogP contribution in [0.25, 0.3) is 28.2 Å². The topological polar surface area (TPSA) is 118 Å². The van der Waals surface area contributed by atoms with Gasteiger partial charge >= 0.3 is 10.2 Å². The van der Waals surface area contributed by atoms with E-state index in [0.29, 0.717) is 36.6 Å². The predicted octanol–water partition coefficient (Wildman–Crippen LogP) is 4.64. The van der Waals surface area contributed by atoms with Crippen LogP contribution in [-0.4, -0.2) is 61.4 Å². The van der Waals surface area contributed by atoms with Crippen molar-refractivity contribution >= 4 is 38.9 Å². The maximum atomic E-state index is 13.7. The lowest BCUT2D eigenvalue weighted by atomic mass is 9.77. The van der Waals surface area contributed by atoms with E-state index >= 15 is 0 Å². The smallest absolute Gasteiger partial charge is 0.303 e. The van der Waals surface area contributed by atoms with Crippen molar-refractivity contribution in [3.05, 3.63) is 58.7 Å². The van der Waals surface area contributed by atoms with E-state index in [1.807, 2.05) is 30.3 Å². The second-order valence-corrected chi connectivity index (χ2v) is 13.8. The third-order valence-corrected chi connectivity index (χ3v) is 10.5. The molecule has 222 valence electrons. The van der Waals surface area contributed by atoms with E-state index in [4.69, 9.17) is 4.74 Å². The molecule has 0 radical (unpaired) electrons. The van der Waals surface area contributed by atoms with Gasteiger partial charge in [0.1, 0.15) is 5.75 Å². The summed E-state index contributed by atoms with van der Waals surface area (Å²) < 4.78 is 35.6. The molecular weight excluding hydrogens is 554 g/mol. The lowest BCUT2D eigenvalue weighted by Gasteiger charge is -2.30. The number of rotatable bonds is 7. The summed E-state index contributed by atoms with van der Waals surface area (Å²) in [5, 5.41) is 10.9. The number of ether oxygens (including phenoxy) is 1. The summed E-state index contributed by atoms with van der Waals surface area (Å²) in [7, 11) is 0.376. The summed E-state index contributed by atoms with van der Waals surface area (Å²) in [4.78, 5) is 26.9. The number of aliphatic hydroxyl groups excluding tert-OH is 1. The quantitative estimate of drug-likeness (QED) is 0.414. The fourth-order valence-electron chi connectivity index (χ4n) is 6.66. The molecule has 1 aromatic heterocycles. The number of benzene rings is 2. The number of amides is 1. The maximum Gasteiger partial charge on any atom is 0.303 e. The molecule has 0 bridgehead atoms. The highest BCUT2D eigenvalue weighted by atomic mass is 32.2. The van der Waals surface area contributed by atoms with E-state index in [1.165, 1.54) is 26.1 Å². The first-order valence-corrected chi connectivity index (χ1v) is 16.0. The summed E-state index contributed by atoms with van der Waals surface area (Å²) in [5.41, 5.74) is 5.78. The number of fused-ring (bicyclic) bond motifs is 5. The zero-order valence-corrected chi connectivity index (χ0v) is 25.0. The number of carbonyl (C=O) groups is 2. The monoisotopic (exact) mass is 591 g/mol. The van der Waals surface area contributed by atoms with Crippen molar-refractivity contribution in [1.82, 2.24) is 13.6 Å².